The summed E-state index contributed by atoms with van der Waals surface area (Å²) in [5, 5.41) is 10.1. The molecule has 1 aliphatic heterocycles. The van der Waals surface area contributed by atoms with Crippen LogP contribution in [0.2, 0.25) is 10.0 Å². The zero-order valence-corrected chi connectivity index (χ0v) is 14.8. The zero-order valence-electron chi connectivity index (χ0n) is 12.4. The maximum atomic E-state index is 12.2. The topological polar surface area (TPSA) is 54.0 Å². The molecular formula is C16H17Cl2N3OS. The Labute approximate surface area is 149 Å². The molecule has 1 fully saturated rings. The average Bonchev–Trinajstić information content (AvgIpc) is 3.06. The first-order valence-electron chi connectivity index (χ1n) is 7.52. The van der Waals surface area contributed by atoms with Crippen molar-refractivity contribution >= 4 is 40.4 Å². The van der Waals surface area contributed by atoms with Crippen LogP contribution in [0, 0.1) is 0 Å². The van der Waals surface area contributed by atoms with Crippen molar-refractivity contribution in [2.75, 3.05) is 13.1 Å². The SMILES string of the molecule is O=C(NCc1ccc(Cl)c(Cl)c1)c1csc(C2CCCNC2)n1. The molecule has 1 atom stereocenters. The van der Waals surface area contributed by atoms with Gasteiger partial charge in [0.1, 0.15) is 5.69 Å². The van der Waals surface area contributed by atoms with E-state index in [0.29, 0.717) is 28.2 Å². The Bertz CT molecular complexity index is 698. The van der Waals surface area contributed by atoms with E-state index in [-0.39, 0.29) is 5.91 Å². The summed E-state index contributed by atoms with van der Waals surface area (Å²) in [6.07, 6.45) is 2.29. The number of thiazole rings is 1. The molecule has 0 bridgehead atoms. The molecule has 0 aliphatic carbocycles. The van der Waals surface area contributed by atoms with Gasteiger partial charge in [0.2, 0.25) is 0 Å². The minimum atomic E-state index is -0.164. The molecule has 1 aromatic carbocycles. The summed E-state index contributed by atoms with van der Waals surface area (Å²) in [6.45, 7) is 2.41. The monoisotopic (exact) mass is 369 g/mol. The summed E-state index contributed by atoms with van der Waals surface area (Å²) >= 11 is 13.4. The first kappa shape index (κ1) is 16.7. The lowest BCUT2D eigenvalue weighted by atomic mass is 10.0. The number of aromatic nitrogens is 1. The van der Waals surface area contributed by atoms with Gasteiger partial charge in [-0.25, -0.2) is 4.98 Å². The van der Waals surface area contributed by atoms with Crippen molar-refractivity contribution in [2.24, 2.45) is 0 Å². The van der Waals surface area contributed by atoms with Gasteiger partial charge < -0.3 is 10.6 Å². The second-order valence-electron chi connectivity index (χ2n) is 5.55. The maximum absolute atomic E-state index is 12.2. The van der Waals surface area contributed by atoms with E-state index in [0.717, 1.165) is 36.5 Å². The fourth-order valence-electron chi connectivity index (χ4n) is 2.56. The van der Waals surface area contributed by atoms with Gasteiger partial charge in [0.05, 0.1) is 15.1 Å². The second kappa shape index (κ2) is 7.62. The standard InChI is InChI=1S/C16H17Cl2N3OS/c17-12-4-3-10(6-13(12)18)7-20-15(22)14-9-23-16(21-14)11-2-1-5-19-8-11/h3-4,6,9,11,19H,1-2,5,7-8H2,(H,20,22). The van der Waals surface area contributed by atoms with Gasteiger partial charge in [0.15, 0.2) is 0 Å². The Morgan fingerprint density at radius 3 is 3.00 bits per heavy atom. The summed E-state index contributed by atoms with van der Waals surface area (Å²) in [6, 6.07) is 5.32. The van der Waals surface area contributed by atoms with E-state index in [1.807, 2.05) is 11.4 Å². The predicted molar refractivity (Wildman–Crippen MR) is 94.6 cm³/mol. The van der Waals surface area contributed by atoms with Crippen LogP contribution in [-0.2, 0) is 6.54 Å². The van der Waals surface area contributed by atoms with Gasteiger partial charge in [-0.3, -0.25) is 4.79 Å². The number of amides is 1. The van der Waals surface area contributed by atoms with Crippen LogP contribution in [0.4, 0.5) is 0 Å². The van der Waals surface area contributed by atoms with E-state index in [9.17, 15) is 4.79 Å². The highest BCUT2D eigenvalue weighted by molar-refractivity contribution is 7.09. The van der Waals surface area contributed by atoms with Crippen molar-refractivity contribution in [1.29, 1.82) is 0 Å². The highest BCUT2D eigenvalue weighted by atomic mass is 35.5. The van der Waals surface area contributed by atoms with Crippen LogP contribution >= 0.6 is 34.5 Å². The van der Waals surface area contributed by atoms with Crippen LogP contribution in [-0.4, -0.2) is 24.0 Å². The van der Waals surface area contributed by atoms with Crippen molar-refractivity contribution < 1.29 is 4.79 Å². The Hall–Kier alpha value is -1.14. The third-order valence-corrected chi connectivity index (χ3v) is 5.58. The Morgan fingerprint density at radius 2 is 2.26 bits per heavy atom. The van der Waals surface area contributed by atoms with Gasteiger partial charge in [-0.1, -0.05) is 29.3 Å². The van der Waals surface area contributed by atoms with E-state index < -0.39 is 0 Å². The third-order valence-electron chi connectivity index (χ3n) is 3.84. The average molecular weight is 370 g/mol. The highest BCUT2D eigenvalue weighted by Crippen LogP contribution is 2.26. The molecule has 2 N–H and O–H groups in total. The molecule has 4 nitrogen and oxygen atoms in total. The van der Waals surface area contributed by atoms with E-state index in [2.05, 4.69) is 15.6 Å². The molecule has 2 heterocycles. The van der Waals surface area contributed by atoms with Crippen LogP contribution in [0.3, 0.4) is 0 Å². The zero-order chi connectivity index (χ0) is 16.2. The summed E-state index contributed by atoms with van der Waals surface area (Å²) in [5.74, 6) is 0.257. The second-order valence-corrected chi connectivity index (χ2v) is 7.25. The number of carbonyl (C=O) groups is 1. The molecule has 23 heavy (non-hydrogen) atoms. The molecule has 0 spiro atoms. The first-order valence-corrected chi connectivity index (χ1v) is 9.15. The highest BCUT2D eigenvalue weighted by Gasteiger charge is 2.20. The lowest BCUT2D eigenvalue weighted by Gasteiger charge is -2.20. The lowest BCUT2D eigenvalue weighted by molar-refractivity contribution is 0.0946. The number of benzene rings is 1. The number of nitrogens with zero attached hydrogens (tertiary/aromatic N) is 1. The molecule has 1 saturated heterocycles. The number of hydrogen-bond acceptors (Lipinski definition) is 4. The molecule has 1 aromatic heterocycles. The molecule has 3 rings (SSSR count). The Morgan fingerprint density at radius 1 is 1.39 bits per heavy atom. The molecule has 0 saturated carbocycles. The van der Waals surface area contributed by atoms with E-state index in [4.69, 9.17) is 23.2 Å². The van der Waals surface area contributed by atoms with E-state index >= 15 is 0 Å². The number of rotatable bonds is 4. The van der Waals surface area contributed by atoms with Gasteiger partial charge in [0, 0.05) is 24.4 Å². The molecule has 2 aromatic rings. The fourth-order valence-corrected chi connectivity index (χ4v) is 3.82. The molecule has 1 unspecified atom stereocenters. The minimum Gasteiger partial charge on any atom is -0.347 e. The molecule has 1 amide bonds. The summed E-state index contributed by atoms with van der Waals surface area (Å²) < 4.78 is 0. The van der Waals surface area contributed by atoms with Gasteiger partial charge in [-0.2, -0.15) is 0 Å². The van der Waals surface area contributed by atoms with Crippen LogP contribution in [0.1, 0.15) is 39.8 Å². The van der Waals surface area contributed by atoms with Crippen LogP contribution < -0.4 is 10.6 Å². The summed E-state index contributed by atoms with van der Waals surface area (Å²) in [5.41, 5.74) is 1.38. The summed E-state index contributed by atoms with van der Waals surface area (Å²) in [7, 11) is 0. The Balaban J connectivity index is 1.59. The molecule has 122 valence electrons. The Kier molecular flexibility index (Phi) is 5.54. The molecule has 1 aliphatic rings. The summed E-state index contributed by atoms with van der Waals surface area (Å²) in [4.78, 5) is 16.7. The number of hydrogen-bond donors (Lipinski definition) is 2. The largest absolute Gasteiger partial charge is 0.347 e. The number of carbonyl (C=O) groups excluding carboxylic acids is 1. The number of nitrogens with one attached hydrogen (secondary N) is 2. The van der Waals surface area contributed by atoms with Gasteiger partial charge in [0.25, 0.3) is 5.91 Å². The number of halogens is 2. The smallest absolute Gasteiger partial charge is 0.271 e. The van der Waals surface area contributed by atoms with Crippen molar-refractivity contribution in [1.82, 2.24) is 15.6 Å². The molecule has 0 radical (unpaired) electrons. The lowest BCUT2D eigenvalue weighted by Crippen LogP contribution is -2.28. The third kappa shape index (κ3) is 4.23. The number of piperidine rings is 1. The van der Waals surface area contributed by atoms with Crippen LogP contribution in [0.15, 0.2) is 23.6 Å². The maximum Gasteiger partial charge on any atom is 0.271 e. The van der Waals surface area contributed by atoms with Gasteiger partial charge in [-0.05, 0) is 37.1 Å². The normalized spacial score (nSPS) is 17.9. The molecule has 7 heteroatoms. The van der Waals surface area contributed by atoms with Crippen molar-refractivity contribution in [3.8, 4) is 0 Å². The van der Waals surface area contributed by atoms with Crippen LogP contribution in [0.5, 0.6) is 0 Å². The quantitative estimate of drug-likeness (QED) is 0.860. The van der Waals surface area contributed by atoms with Crippen molar-refractivity contribution in [3.05, 3.63) is 49.9 Å². The van der Waals surface area contributed by atoms with E-state index in [1.54, 1.807) is 23.5 Å². The predicted octanol–water partition coefficient (Wildman–Crippen LogP) is 3.85. The van der Waals surface area contributed by atoms with Gasteiger partial charge >= 0.3 is 0 Å². The van der Waals surface area contributed by atoms with Crippen molar-refractivity contribution in [3.63, 3.8) is 0 Å². The minimum absolute atomic E-state index is 0.164. The van der Waals surface area contributed by atoms with Gasteiger partial charge in [-0.15, -0.1) is 11.3 Å². The van der Waals surface area contributed by atoms with E-state index in [1.165, 1.54) is 0 Å². The molecular weight excluding hydrogens is 353 g/mol. The van der Waals surface area contributed by atoms with Crippen molar-refractivity contribution in [2.45, 2.75) is 25.3 Å². The fraction of sp³-hybridized carbons (Fsp3) is 0.375. The van der Waals surface area contributed by atoms with Crippen LogP contribution in [0.25, 0.3) is 0 Å². The first-order chi connectivity index (χ1) is 11.1.